The average molecular weight is 190 g/mol. The Kier molecular flexibility index (Phi) is 3.55. The molecule has 0 aromatic heterocycles. The normalized spacial score (nSPS) is 11.9. The van der Waals surface area contributed by atoms with E-state index in [1.165, 1.54) is 0 Å². The van der Waals surface area contributed by atoms with E-state index < -0.39 is 6.10 Å². The van der Waals surface area contributed by atoms with E-state index in [1.54, 1.807) is 6.92 Å². The number of hydrogen-bond acceptors (Lipinski definition) is 2. The quantitative estimate of drug-likeness (QED) is 0.739. The van der Waals surface area contributed by atoms with Gasteiger partial charge in [0.2, 0.25) is 0 Å². The fourth-order valence-electron chi connectivity index (χ4n) is 1.21. The first-order valence-corrected chi connectivity index (χ1v) is 4.50. The van der Waals surface area contributed by atoms with Crippen LogP contribution in [0.2, 0.25) is 0 Å². The predicted octanol–water partition coefficient (Wildman–Crippen LogP) is 2.06. The maximum absolute atomic E-state index is 9.34. The minimum atomic E-state index is -0.449. The van der Waals surface area contributed by atoms with Crippen LogP contribution in [0.1, 0.15) is 24.2 Å². The lowest BCUT2D eigenvalue weighted by molar-refractivity contribution is 0.199. The first kappa shape index (κ1) is 10.6. The van der Waals surface area contributed by atoms with Crippen molar-refractivity contribution in [2.45, 2.75) is 20.0 Å². The maximum atomic E-state index is 9.34. The van der Waals surface area contributed by atoms with Crippen LogP contribution < -0.4 is 4.74 Å². The molecule has 1 aromatic carbocycles. The first-order valence-electron chi connectivity index (χ1n) is 4.50. The summed E-state index contributed by atoms with van der Waals surface area (Å²) in [6.45, 7) is 3.93. The molecule has 0 aliphatic rings. The van der Waals surface area contributed by atoms with Gasteiger partial charge in [0.25, 0.3) is 0 Å². The van der Waals surface area contributed by atoms with Crippen LogP contribution in [0.15, 0.2) is 18.2 Å². The monoisotopic (exact) mass is 190 g/mol. The molecule has 0 unspecified atom stereocenters. The summed E-state index contributed by atoms with van der Waals surface area (Å²) in [6, 6.07) is 5.56. The molecule has 1 N–H and O–H groups in total. The van der Waals surface area contributed by atoms with Gasteiger partial charge in [-0.15, -0.1) is 6.42 Å². The summed E-state index contributed by atoms with van der Waals surface area (Å²) < 4.78 is 5.30. The van der Waals surface area contributed by atoms with E-state index >= 15 is 0 Å². The Hall–Kier alpha value is -1.46. The van der Waals surface area contributed by atoms with Gasteiger partial charge in [0.1, 0.15) is 12.4 Å². The van der Waals surface area contributed by atoms with Gasteiger partial charge in [-0.3, -0.25) is 0 Å². The van der Waals surface area contributed by atoms with E-state index in [0.717, 1.165) is 16.9 Å². The number of aliphatic hydroxyl groups is 1. The van der Waals surface area contributed by atoms with E-state index in [9.17, 15) is 5.11 Å². The Morgan fingerprint density at radius 1 is 1.57 bits per heavy atom. The van der Waals surface area contributed by atoms with Crippen LogP contribution in [0.3, 0.4) is 0 Å². The standard InChI is InChI=1S/C12H14O2/c1-4-7-14-12-6-5-11(10(3)13)8-9(12)2/h1,5-6,8,10,13H,7H2,2-3H3/t10-/m1/s1. The highest BCUT2D eigenvalue weighted by Crippen LogP contribution is 2.22. The van der Waals surface area contributed by atoms with E-state index in [4.69, 9.17) is 11.2 Å². The molecule has 1 aromatic rings. The van der Waals surface area contributed by atoms with Gasteiger partial charge in [-0.1, -0.05) is 12.0 Å². The molecule has 0 saturated heterocycles. The molecule has 14 heavy (non-hydrogen) atoms. The van der Waals surface area contributed by atoms with Crippen LogP contribution in [-0.2, 0) is 0 Å². The molecule has 0 spiro atoms. The number of aryl methyl sites for hydroxylation is 1. The Morgan fingerprint density at radius 2 is 2.29 bits per heavy atom. The molecule has 2 heteroatoms. The Morgan fingerprint density at radius 3 is 2.79 bits per heavy atom. The highest BCUT2D eigenvalue weighted by molar-refractivity contribution is 5.37. The molecule has 1 rings (SSSR count). The summed E-state index contributed by atoms with van der Waals surface area (Å²) in [6.07, 6.45) is 4.64. The van der Waals surface area contributed by atoms with Gasteiger partial charge in [-0.05, 0) is 37.1 Å². The van der Waals surface area contributed by atoms with Gasteiger partial charge in [0.05, 0.1) is 6.10 Å². The van der Waals surface area contributed by atoms with Crippen LogP contribution in [-0.4, -0.2) is 11.7 Å². The maximum Gasteiger partial charge on any atom is 0.148 e. The molecule has 0 fully saturated rings. The van der Waals surface area contributed by atoms with E-state index in [2.05, 4.69) is 5.92 Å². The third kappa shape index (κ3) is 2.51. The van der Waals surface area contributed by atoms with E-state index in [1.807, 2.05) is 25.1 Å². The third-order valence-electron chi connectivity index (χ3n) is 1.99. The lowest BCUT2D eigenvalue weighted by Crippen LogP contribution is -1.97. The summed E-state index contributed by atoms with van der Waals surface area (Å²) in [4.78, 5) is 0. The summed E-state index contributed by atoms with van der Waals surface area (Å²) in [5.41, 5.74) is 1.87. The second-order valence-corrected chi connectivity index (χ2v) is 3.19. The second-order valence-electron chi connectivity index (χ2n) is 3.19. The van der Waals surface area contributed by atoms with Crippen LogP contribution in [0, 0.1) is 19.3 Å². The summed E-state index contributed by atoms with van der Waals surface area (Å²) >= 11 is 0. The van der Waals surface area contributed by atoms with Crippen molar-refractivity contribution in [2.75, 3.05) is 6.61 Å². The number of ether oxygens (including phenoxy) is 1. The first-order chi connectivity index (χ1) is 6.65. The molecule has 0 bridgehead atoms. The molecule has 0 aliphatic heterocycles. The smallest absolute Gasteiger partial charge is 0.148 e. The minimum absolute atomic E-state index is 0.273. The van der Waals surface area contributed by atoms with E-state index in [-0.39, 0.29) is 6.61 Å². The molecule has 0 heterocycles. The minimum Gasteiger partial charge on any atom is -0.481 e. The number of aliphatic hydroxyl groups excluding tert-OH is 1. The third-order valence-corrected chi connectivity index (χ3v) is 1.99. The zero-order valence-corrected chi connectivity index (χ0v) is 8.45. The SMILES string of the molecule is C#CCOc1ccc([C@@H](C)O)cc1C. The Bertz CT molecular complexity index is 348. The molecule has 0 amide bonds. The highest BCUT2D eigenvalue weighted by Gasteiger charge is 2.04. The van der Waals surface area contributed by atoms with Crippen molar-refractivity contribution in [1.29, 1.82) is 0 Å². The van der Waals surface area contributed by atoms with Crippen molar-refractivity contribution in [1.82, 2.24) is 0 Å². The van der Waals surface area contributed by atoms with Gasteiger partial charge in [0.15, 0.2) is 0 Å². The van der Waals surface area contributed by atoms with Crippen molar-refractivity contribution >= 4 is 0 Å². The second kappa shape index (κ2) is 4.69. The van der Waals surface area contributed by atoms with Crippen molar-refractivity contribution in [3.8, 4) is 18.1 Å². The molecule has 74 valence electrons. The molecular weight excluding hydrogens is 176 g/mol. The van der Waals surface area contributed by atoms with Crippen LogP contribution in [0.4, 0.5) is 0 Å². The lowest BCUT2D eigenvalue weighted by atomic mass is 10.1. The zero-order chi connectivity index (χ0) is 10.6. The molecule has 0 saturated carbocycles. The number of terminal acetylenes is 1. The van der Waals surface area contributed by atoms with Gasteiger partial charge in [-0.2, -0.15) is 0 Å². The summed E-state index contributed by atoms with van der Waals surface area (Å²) in [7, 11) is 0. The highest BCUT2D eigenvalue weighted by atomic mass is 16.5. The predicted molar refractivity (Wildman–Crippen MR) is 56.1 cm³/mol. The molecule has 0 radical (unpaired) electrons. The fourth-order valence-corrected chi connectivity index (χ4v) is 1.21. The largest absolute Gasteiger partial charge is 0.481 e. The average Bonchev–Trinajstić information content (AvgIpc) is 2.15. The summed E-state index contributed by atoms with van der Waals surface area (Å²) in [5.74, 6) is 3.18. The molecule has 0 aliphatic carbocycles. The van der Waals surface area contributed by atoms with Crippen molar-refractivity contribution in [3.63, 3.8) is 0 Å². The van der Waals surface area contributed by atoms with Crippen LogP contribution in [0.25, 0.3) is 0 Å². The van der Waals surface area contributed by atoms with Gasteiger partial charge in [0, 0.05) is 0 Å². The van der Waals surface area contributed by atoms with Gasteiger partial charge >= 0.3 is 0 Å². The fraction of sp³-hybridized carbons (Fsp3) is 0.333. The van der Waals surface area contributed by atoms with Gasteiger partial charge < -0.3 is 9.84 Å². The molecular formula is C12H14O2. The topological polar surface area (TPSA) is 29.5 Å². The Balaban J connectivity index is 2.85. The van der Waals surface area contributed by atoms with Gasteiger partial charge in [-0.25, -0.2) is 0 Å². The van der Waals surface area contributed by atoms with Crippen molar-refractivity contribution in [3.05, 3.63) is 29.3 Å². The number of hydrogen-bond donors (Lipinski definition) is 1. The molecule has 2 nitrogen and oxygen atoms in total. The number of benzene rings is 1. The van der Waals surface area contributed by atoms with E-state index in [0.29, 0.717) is 0 Å². The Labute approximate surface area is 84.5 Å². The van der Waals surface area contributed by atoms with Crippen molar-refractivity contribution < 1.29 is 9.84 Å². The number of rotatable bonds is 3. The summed E-state index contributed by atoms with van der Waals surface area (Å²) in [5, 5.41) is 9.34. The van der Waals surface area contributed by atoms with Crippen LogP contribution >= 0.6 is 0 Å². The lowest BCUT2D eigenvalue weighted by Gasteiger charge is -2.10. The van der Waals surface area contributed by atoms with Crippen molar-refractivity contribution in [2.24, 2.45) is 0 Å². The van der Waals surface area contributed by atoms with Crippen LogP contribution in [0.5, 0.6) is 5.75 Å². The molecule has 1 atom stereocenters. The zero-order valence-electron chi connectivity index (χ0n) is 8.45.